The van der Waals surface area contributed by atoms with Gasteiger partial charge in [0.1, 0.15) is 16.7 Å². The highest BCUT2D eigenvalue weighted by Crippen LogP contribution is 2.42. The first-order valence-corrected chi connectivity index (χ1v) is 7.79. The molecule has 0 N–H and O–H groups in total. The van der Waals surface area contributed by atoms with Crippen molar-refractivity contribution in [2.45, 2.75) is 32.1 Å². The molecule has 1 aliphatic carbocycles. The van der Waals surface area contributed by atoms with Crippen LogP contribution in [-0.2, 0) is 9.59 Å². The lowest BCUT2D eigenvalue weighted by molar-refractivity contribution is -0.135. The zero-order valence-electron chi connectivity index (χ0n) is 12.2. The number of aromatic nitrogens is 1. The summed E-state index contributed by atoms with van der Waals surface area (Å²) in [6, 6.07) is 3.20. The SMILES string of the molecule is O=C1CC(=O)CC2(CCN(C(=O)c3ccnc(Cl)c3)CC2)C1. The molecule has 1 saturated carbocycles. The molecule has 0 atom stereocenters. The van der Waals surface area contributed by atoms with Gasteiger partial charge in [-0.15, -0.1) is 0 Å². The standard InChI is InChI=1S/C16H17ClN2O3/c17-14-7-11(1-4-18-14)15(22)19-5-2-16(3-6-19)9-12(20)8-13(21)10-16/h1,4,7H,2-3,5-6,8-10H2. The largest absolute Gasteiger partial charge is 0.339 e. The van der Waals surface area contributed by atoms with Gasteiger partial charge < -0.3 is 4.90 Å². The molecular formula is C16H17ClN2O3. The molecule has 0 radical (unpaired) electrons. The van der Waals surface area contributed by atoms with Crippen molar-refractivity contribution in [3.05, 3.63) is 29.0 Å². The van der Waals surface area contributed by atoms with E-state index >= 15 is 0 Å². The number of halogens is 1. The van der Waals surface area contributed by atoms with Gasteiger partial charge in [0.05, 0.1) is 6.42 Å². The van der Waals surface area contributed by atoms with Crippen LogP contribution in [0.15, 0.2) is 18.3 Å². The molecule has 3 rings (SSSR count). The normalized spacial score (nSPS) is 21.2. The van der Waals surface area contributed by atoms with Crippen LogP contribution in [0.5, 0.6) is 0 Å². The molecule has 0 aromatic carbocycles. The van der Waals surface area contributed by atoms with E-state index in [4.69, 9.17) is 11.6 Å². The predicted molar refractivity (Wildman–Crippen MR) is 80.7 cm³/mol. The molecule has 2 heterocycles. The minimum Gasteiger partial charge on any atom is -0.339 e. The number of rotatable bonds is 1. The summed E-state index contributed by atoms with van der Waals surface area (Å²) in [5.41, 5.74) is 0.297. The van der Waals surface area contributed by atoms with Gasteiger partial charge in [0.15, 0.2) is 0 Å². The Hall–Kier alpha value is -1.75. The van der Waals surface area contributed by atoms with Gasteiger partial charge >= 0.3 is 0 Å². The van der Waals surface area contributed by atoms with Crippen LogP contribution in [0.3, 0.4) is 0 Å². The minimum absolute atomic E-state index is 0.0388. The van der Waals surface area contributed by atoms with E-state index in [2.05, 4.69) is 4.98 Å². The van der Waals surface area contributed by atoms with E-state index in [1.165, 1.54) is 6.20 Å². The van der Waals surface area contributed by atoms with Crippen LogP contribution in [0.1, 0.15) is 42.5 Å². The zero-order valence-corrected chi connectivity index (χ0v) is 12.9. The van der Waals surface area contributed by atoms with Crippen molar-refractivity contribution in [2.75, 3.05) is 13.1 Å². The van der Waals surface area contributed by atoms with E-state index in [0.29, 0.717) is 49.5 Å². The molecule has 1 spiro atoms. The van der Waals surface area contributed by atoms with Gasteiger partial charge in [0.2, 0.25) is 0 Å². The van der Waals surface area contributed by atoms with Crippen LogP contribution < -0.4 is 0 Å². The third kappa shape index (κ3) is 3.04. The van der Waals surface area contributed by atoms with E-state index in [0.717, 1.165) is 0 Å². The summed E-state index contributed by atoms with van der Waals surface area (Å²) < 4.78 is 0. The summed E-state index contributed by atoms with van der Waals surface area (Å²) in [5.74, 6) is 0.00139. The van der Waals surface area contributed by atoms with Crippen molar-refractivity contribution in [2.24, 2.45) is 5.41 Å². The Balaban J connectivity index is 1.68. The summed E-state index contributed by atoms with van der Waals surface area (Å²) in [7, 11) is 0. The van der Waals surface area contributed by atoms with E-state index in [1.54, 1.807) is 17.0 Å². The molecule has 1 aromatic heterocycles. The molecule has 116 valence electrons. The molecule has 0 unspecified atom stereocenters. The Morgan fingerprint density at radius 3 is 2.41 bits per heavy atom. The molecule has 5 nitrogen and oxygen atoms in total. The summed E-state index contributed by atoms with van der Waals surface area (Å²) in [6.07, 6.45) is 3.95. The van der Waals surface area contributed by atoms with Crippen LogP contribution in [-0.4, -0.2) is 40.4 Å². The maximum absolute atomic E-state index is 12.5. The predicted octanol–water partition coefficient (Wildman–Crippen LogP) is 2.28. The number of likely N-dealkylation sites (tertiary alicyclic amines) is 1. The van der Waals surface area contributed by atoms with Gasteiger partial charge in [0, 0.05) is 37.7 Å². The fourth-order valence-electron chi connectivity index (χ4n) is 3.50. The number of Topliss-reactive ketones (excluding diaryl/α,β-unsaturated/α-hetero) is 2. The number of pyridine rings is 1. The minimum atomic E-state index is -0.223. The second kappa shape index (κ2) is 5.80. The summed E-state index contributed by atoms with van der Waals surface area (Å²) in [5, 5.41) is 0.294. The Morgan fingerprint density at radius 1 is 1.18 bits per heavy atom. The van der Waals surface area contributed by atoms with Crippen LogP contribution in [0.25, 0.3) is 0 Å². The van der Waals surface area contributed by atoms with Crippen molar-refractivity contribution in [1.29, 1.82) is 0 Å². The smallest absolute Gasteiger partial charge is 0.254 e. The van der Waals surface area contributed by atoms with E-state index in [9.17, 15) is 14.4 Å². The van der Waals surface area contributed by atoms with Crippen molar-refractivity contribution >= 4 is 29.1 Å². The summed E-state index contributed by atoms with van der Waals surface area (Å²) in [6.45, 7) is 1.14. The molecule has 0 bridgehead atoms. The average molecular weight is 321 g/mol. The third-order valence-corrected chi connectivity index (χ3v) is 4.83. The first-order valence-electron chi connectivity index (χ1n) is 7.42. The number of hydrogen-bond donors (Lipinski definition) is 0. The number of piperidine rings is 1. The number of ketones is 2. The second-order valence-corrected chi connectivity index (χ2v) is 6.65. The summed E-state index contributed by atoms with van der Waals surface area (Å²) in [4.78, 5) is 41.5. The van der Waals surface area contributed by atoms with Gasteiger partial charge in [-0.25, -0.2) is 4.98 Å². The second-order valence-electron chi connectivity index (χ2n) is 6.27. The Kier molecular flexibility index (Phi) is 4.00. The van der Waals surface area contributed by atoms with Crippen LogP contribution >= 0.6 is 11.6 Å². The Labute approximate surface area is 133 Å². The first-order chi connectivity index (χ1) is 10.5. The maximum atomic E-state index is 12.5. The van der Waals surface area contributed by atoms with Crippen LogP contribution in [0.2, 0.25) is 5.15 Å². The van der Waals surface area contributed by atoms with Crippen molar-refractivity contribution < 1.29 is 14.4 Å². The van der Waals surface area contributed by atoms with Gasteiger partial charge in [-0.05, 0) is 30.4 Å². The number of amides is 1. The van der Waals surface area contributed by atoms with E-state index < -0.39 is 0 Å². The molecule has 1 aromatic rings. The molecule has 2 aliphatic rings. The van der Waals surface area contributed by atoms with Gasteiger partial charge in [-0.3, -0.25) is 14.4 Å². The van der Waals surface area contributed by atoms with Gasteiger partial charge in [-0.1, -0.05) is 11.6 Å². The molecular weight excluding hydrogens is 304 g/mol. The average Bonchev–Trinajstić information content (AvgIpc) is 2.46. The number of nitrogens with zero attached hydrogens (tertiary/aromatic N) is 2. The van der Waals surface area contributed by atoms with E-state index in [1.807, 2.05) is 0 Å². The molecule has 1 aliphatic heterocycles. The number of hydrogen-bond acceptors (Lipinski definition) is 4. The highest BCUT2D eigenvalue weighted by molar-refractivity contribution is 6.29. The topological polar surface area (TPSA) is 67.3 Å². The van der Waals surface area contributed by atoms with Crippen molar-refractivity contribution in [3.8, 4) is 0 Å². The van der Waals surface area contributed by atoms with Crippen molar-refractivity contribution in [3.63, 3.8) is 0 Å². The van der Waals surface area contributed by atoms with Gasteiger partial charge in [-0.2, -0.15) is 0 Å². The molecule has 1 saturated heterocycles. The summed E-state index contributed by atoms with van der Waals surface area (Å²) >= 11 is 5.82. The maximum Gasteiger partial charge on any atom is 0.254 e. The highest BCUT2D eigenvalue weighted by atomic mass is 35.5. The molecule has 6 heteroatoms. The highest BCUT2D eigenvalue weighted by Gasteiger charge is 2.42. The monoisotopic (exact) mass is 320 g/mol. The lowest BCUT2D eigenvalue weighted by Gasteiger charge is -2.43. The van der Waals surface area contributed by atoms with Crippen LogP contribution in [0, 0.1) is 5.41 Å². The van der Waals surface area contributed by atoms with Crippen LogP contribution in [0.4, 0.5) is 0 Å². The number of carbonyl (C=O) groups excluding carboxylic acids is 3. The first kappa shape index (κ1) is 15.2. The number of carbonyl (C=O) groups is 3. The molecule has 22 heavy (non-hydrogen) atoms. The fraction of sp³-hybridized carbons (Fsp3) is 0.500. The Morgan fingerprint density at radius 2 is 1.82 bits per heavy atom. The Bertz CT molecular complexity index is 618. The van der Waals surface area contributed by atoms with Gasteiger partial charge in [0.25, 0.3) is 5.91 Å². The third-order valence-electron chi connectivity index (χ3n) is 4.62. The lowest BCUT2D eigenvalue weighted by atomic mass is 9.67. The van der Waals surface area contributed by atoms with E-state index in [-0.39, 0.29) is 29.3 Å². The quantitative estimate of drug-likeness (QED) is 0.588. The fourth-order valence-corrected chi connectivity index (χ4v) is 3.67. The molecule has 1 amide bonds. The zero-order chi connectivity index (χ0) is 15.7. The van der Waals surface area contributed by atoms with Crippen molar-refractivity contribution in [1.82, 2.24) is 9.88 Å². The molecule has 2 fully saturated rings. The lowest BCUT2D eigenvalue weighted by Crippen LogP contribution is -2.46.